The van der Waals surface area contributed by atoms with Crippen LogP contribution in [0.3, 0.4) is 0 Å². The fraction of sp³-hybridized carbons (Fsp3) is 0.471. The minimum absolute atomic E-state index is 0.00209. The Morgan fingerprint density at radius 3 is 2.27 bits per heavy atom. The summed E-state index contributed by atoms with van der Waals surface area (Å²) in [6.07, 6.45) is 1.14. The highest BCUT2D eigenvalue weighted by molar-refractivity contribution is 6.01. The van der Waals surface area contributed by atoms with Crippen molar-refractivity contribution in [1.29, 1.82) is 0 Å². The Labute approximate surface area is 264 Å². The van der Waals surface area contributed by atoms with Gasteiger partial charge >= 0.3 is 0 Å². The summed E-state index contributed by atoms with van der Waals surface area (Å²) in [4.78, 5) is 40.8. The maximum absolute atomic E-state index is 14.9. The van der Waals surface area contributed by atoms with Gasteiger partial charge in [-0.1, -0.05) is 58.9 Å². The molecule has 9 nitrogen and oxygen atoms in total. The molecule has 3 fully saturated rings. The highest BCUT2D eigenvalue weighted by Crippen LogP contribution is 2.33. The van der Waals surface area contributed by atoms with Gasteiger partial charge in [0.15, 0.2) is 5.94 Å². The van der Waals surface area contributed by atoms with Crippen molar-refractivity contribution < 1.29 is 27.9 Å². The standard InChI is InChI=1S/C29H31F2N5O4.C3H8.C2H6/c1-17-6-4-5-7-25(17)34(3)18(2)35-14-21(15-35)40-27(16-37)32-19-12-36(13-19)20-10-23(30)28(24(31)11-20)22-8-9-26(38)33-29(22)39;1-3-2;1-2/h4-7,10-11,19,21-22,32H,2,8-9,12-15H2,1,3H3,(H,33,38,39);3H2,1-2H3;1-2H3. The van der Waals surface area contributed by atoms with E-state index in [0.29, 0.717) is 31.9 Å². The predicted molar refractivity (Wildman–Crippen MR) is 172 cm³/mol. The van der Waals surface area contributed by atoms with Crippen molar-refractivity contribution in [2.24, 2.45) is 0 Å². The number of nitrogens with zero attached hydrogens (tertiary/aromatic N) is 3. The Hall–Kier alpha value is -4.37. The van der Waals surface area contributed by atoms with Crippen LogP contribution in [0.1, 0.15) is 64.0 Å². The lowest BCUT2D eigenvalue weighted by Crippen LogP contribution is -2.59. The van der Waals surface area contributed by atoms with E-state index in [1.807, 2.05) is 57.0 Å². The average molecular weight is 626 g/mol. The number of para-hydroxylation sites is 1. The van der Waals surface area contributed by atoms with Crippen molar-refractivity contribution in [3.8, 4) is 0 Å². The molecule has 2 amide bonds. The molecule has 0 saturated carbocycles. The number of hydrogen-bond donors (Lipinski definition) is 2. The highest BCUT2D eigenvalue weighted by Gasteiger charge is 2.36. The molecule has 0 bridgehead atoms. The van der Waals surface area contributed by atoms with Gasteiger partial charge in [0.05, 0.1) is 25.0 Å². The number of benzene rings is 2. The summed E-state index contributed by atoms with van der Waals surface area (Å²) in [5, 5.41) is 5.14. The lowest BCUT2D eigenvalue weighted by atomic mass is 9.89. The summed E-state index contributed by atoms with van der Waals surface area (Å²) in [7, 11) is 1.96. The van der Waals surface area contributed by atoms with Crippen molar-refractivity contribution >= 4 is 29.1 Å². The SMILES string of the molecule is C=C(N1CC(OC(=C=O)NC2CN(c3cc(F)c(C4CCC(=O)NC4=O)c(F)c3)C2)C1)N(C)c1ccccc1C.CC.CCC. The Morgan fingerprint density at radius 2 is 1.71 bits per heavy atom. The molecule has 1 atom stereocenters. The summed E-state index contributed by atoms with van der Waals surface area (Å²) in [6.45, 7) is 16.4. The molecular formula is C34H45F2N5O4. The largest absolute Gasteiger partial charge is 0.464 e. The number of aryl methyl sites for hydroxylation is 1. The third-order valence-corrected chi connectivity index (χ3v) is 7.69. The molecule has 3 heterocycles. The maximum atomic E-state index is 14.9. The van der Waals surface area contributed by atoms with E-state index < -0.39 is 29.4 Å². The molecule has 2 aromatic rings. The summed E-state index contributed by atoms with van der Waals surface area (Å²) in [5.41, 5.74) is 2.20. The van der Waals surface area contributed by atoms with Crippen LogP contribution in [0.2, 0.25) is 0 Å². The first-order valence-corrected chi connectivity index (χ1v) is 15.5. The van der Waals surface area contributed by atoms with Crippen LogP contribution in [0.15, 0.2) is 54.7 Å². The van der Waals surface area contributed by atoms with Gasteiger partial charge in [0, 0.05) is 43.5 Å². The van der Waals surface area contributed by atoms with Gasteiger partial charge in [-0.15, -0.1) is 0 Å². The van der Waals surface area contributed by atoms with E-state index in [0.717, 1.165) is 17.1 Å². The molecule has 45 heavy (non-hydrogen) atoms. The van der Waals surface area contributed by atoms with Crippen LogP contribution in [-0.4, -0.2) is 68.0 Å². The smallest absolute Gasteiger partial charge is 0.276 e. The number of anilines is 2. The molecule has 3 aliphatic heterocycles. The average Bonchev–Trinajstić information content (AvgIpc) is 2.97. The molecule has 3 aliphatic rings. The number of hydrogen-bond acceptors (Lipinski definition) is 8. The molecule has 5 rings (SSSR count). The Morgan fingerprint density at radius 1 is 1.11 bits per heavy atom. The van der Waals surface area contributed by atoms with E-state index in [2.05, 4.69) is 36.0 Å². The predicted octanol–water partition coefficient (Wildman–Crippen LogP) is 5.00. The quantitative estimate of drug-likeness (QED) is 0.229. The van der Waals surface area contributed by atoms with E-state index >= 15 is 0 Å². The van der Waals surface area contributed by atoms with Crippen LogP contribution in [0.5, 0.6) is 0 Å². The summed E-state index contributed by atoms with van der Waals surface area (Å²) >= 11 is 0. The number of ether oxygens (including phenoxy) is 1. The monoisotopic (exact) mass is 625 g/mol. The van der Waals surface area contributed by atoms with Crippen molar-refractivity contribution in [2.75, 3.05) is 43.0 Å². The molecule has 0 radical (unpaired) electrons. The van der Waals surface area contributed by atoms with E-state index in [1.165, 1.54) is 18.6 Å². The number of likely N-dealkylation sites (tertiary alicyclic amines) is 1. The normalized spacial score (nSPS) is 17.6. The van der Waals surface area contributed by atoms with Crippen LogP contribution in [0, 0.1) is 18.6 Å². The van der Waals surface area contributed by atoms with Gasteiger partial charge in [-0.2, -0.15) is 0 Å². The first-order chi connectivity index (χ1) is 21.6. The fourth-order valence-corrected chi connectivity index (χ4v) is 5.29. The molecule has 0 aromatic heterocycles. The fourth-order valence-electron chi connectivity index (χ4n) is 5.29. The number of rotatable bonds is 9. The van der Waals surface area contributed by atoms with Gasteiger partial charge in [-0.05, 0) is 37.1 Å². The molecule has 244 valence electrons. The van der Waals surface area contributed by atoms with Crippen molar-refractivity contribution in [3.63, 3.8) is 0 Å². The second kappa shape index (κ2) is 16.1. The van der Waals surface area contributed by atoms with Gasteiger partial charge in [0.25, 0.3) is 5.88 Å². The lowest BCUT2D eigenvalue weighted by Gasteiger charge is -2.45. The Bertz CT molecular complexity index is 1390. The molecule has 0 aliphatic carbocycles. The lowest BCUT2D eigenvalue weighted by molar-refractivity contribution is -0.134. The third kappa shape index (κ3) is 8.42. The third-order valence-electron chi connectivity index (χ3n) is 7.69. The van der Waals surface area contributed by atoms with Gasteiger partial charge < -0.3 is 24.8 Å². The highest BCUT2D eigenvalue weighted by atomic mass is 19.1. The second-order valence-corrected chi connectivity index (χ2v) is 11.1. The molecule has 2 N–H and O–H groups in total. The summed E-state index contributed by atoms with van der Waals surface area (Å²) in [6, 6.07) is 10.2. The summed E-state index contributed by atoms with van der Waals surface area (Å²) < 4.78 is 35.5. The number of imide groups is 1. The van der Waals surface area contributed by atoms with Gasteiger partial charge in [-0.25, -0.2) is 13.6 Å². The number of carbonyl (C=O) groups excluding carboxylic acids is 3. The molecule has 11 heteroatoms. The van der Waals surface area contributed by atoms with Crippen LogP contribution in [-0.2, 0) is 19.1 Å². The Balaban J connectivity index is 0.00000104. The molecule has 2 aromatic carbocycles. The minimum atomic E-state index is -1.04. The summed E-state index contributed by atoms with van der Waals surface area (Å²) in [5.74, 6) is -1.22. The van der Waals surface area contributed by atoms with Gasteiger partial charge in [-0.3, -0.25) is 14.9 Å². The maximum Gasteiger partial charge on any atom is 0.276 e. The molecule has 1 unspecified atom stereocenters. The number of nitrogens with one attached hydrogen (secondary N) is 2. The number of piperidine rings is 1. The Kier molecular flexibility index (Phi) is 12.6. The van der Waals surface area contributed by atoms with Crippen molar-refractivity contribution in [3.05, 3.63) is 77.4 Å². The number of halogens is 2. The van der Waals surface area contributed by atoms with Crippen LogP contribution < -0.4 is 20.4 Å². The van der Waals surface area contributed by atoms with Crippen molar-refractivity contribution in [1.82, 2.24) is 15.5 Å². The molecule has 3 saturated heterocycles. The van der Waals surface area contributed by atoms with Crippen LogP contribution >= 0.6 is 0 Å². The van der Waals surface area contributed by atoms with Gasteiger partial charge in [0.2, 0.25) is 11.8 Å². The van der Waals surface area contributed by atoms with E-state index in [9.17, 15) is 23.2 Å². The zero-order chi connectivity index (χ0) is 33.3. The first kappa shape index (κ1) is 35.1. The molecule has 0 spiro atoms. The van der Waals surface area contributed by atoms with Crippen molar-refractivity contribution in [2.45, 2.75) is 71.9 Å². The van der Waals surface area contributed by atoms with Gasteiger partial charge in [0.1, 0.15) is 23.6 Å². The van der Waals surface area contributed by atoms with Crippen LogP contribution in [0.25, 0.3) is 0 Å². The van der Waals surface area contributed by atoms with E-state index in [4.69, 9.17) is 4.74 Å². The number of carbonyl (C=O) groups is 2. The topological polar surface area (TPSA) is 94.2 Å². The first-order valence-electron chi connectivity index (χ1n) is 15.5. The molecular weight excluding hydrogens is 580 g/mol. The number of amides is 2. The minimum Gasteiger partial charge on any atom is -0.464 e. The zero-order valence-corrected chi connectivity index (χ0v) is 27.1. The van der Waals surface area contributed by atoms with E-state index in [-0.39, 0.29) is 36.4 Å². The van der Waals surface area contributed by atoms with Crippen LogP contribution in [0.4, 0.5) is 20.2 Å². The zero-order valence-electron chi connectivity index (χ0n) is 27.1. The van der Waals surface area contributed by atoms with E-state index in [1.54, 1.807) is 10.8 Å². The second-order valence-electron chi connectivity index (χ2n) is 11.1.